The molecule has 0 aromatic heterocycles. The molecule has 0 aliphatic heterocycles. The van der Waals surface area contributed by atoms with Crippen molar-refractivity contribution in [1.82, 2.24) is 20.4 Å². The Bertz CT molecular complexity index is 871. The Labute approximate surface area is 208 Å². The number of halogens is 2. The van der Waals surface area contributed by atoms with Crippen LogP contribution in [0.4, 0.5) is 4.39 Å². The van der Waals surface area contributed by atoms with Gasteiger partial charge in [-0.05, 0) is 62.8 Å². The van der Waals surface area contributed by atoms with Gasteiger partial charge in [-0.15, -0.1) is 24.0 Å². The molecule has 0 saturated carbocycles. The van der Waals surface area contributed by atoms with E-state index in [-0.39, 0.29) is 41.7 Å². The molecule has 0 aliphatic carbocycles. The van der Waals surface area contributed by atoms with Crippen molar-refractivity contribution in [3.63, 3.8) is 0 Å². The van der Waals surface area contributed by atoms with Crippen LogP contribution < -0.4 is 10.6 Å². The van der Waals surface area contributed by atoms with Crippen molar-refractivity contribution in [1.29, 1.82) is 0 Å². The van der Waals surface area contributed by atoms with Gasteiger partial charge in [0.25, 0.3) is 5.91 Å². The number of amides is 1. The van der Waals surface area contributed by atoms with Crippen molar-refractivity contribution in [2.45, 2.75) is 19.4 Å². The monoisotopic (exact) mass is 555 g/mol. The number of nitrogens with zero attached hydrogens (tertiary/aromatic N) is 3. The quantitative estimate of drug-likeness (QED) is 0.283. The van der Waals surface area contributed by atoms with E-state index in [4.69, 9.17) is 4.99 Å². The molecule has 8 heteroatoms. The van der Waals surface area contributed by atoms with Crippen molar-refractivity contribution in [2.75, 3.05) is 47.8 Å². The Morgan fingerprint density at radius 2 is 1.75 bits per heavy atom. The third-order valence-electron chi connectivity index (χ3n) is 4.93. The van der Waals surface area contributed by atoms with Crippen LogP contribution in [0.5, 0.6) is 0 Å². The maximum Gasteiger partial charge on any atom is 0.253 e. The topological polar surface area (TPSA) is 60.0 Å². The van der Waals surface area contributed by atoms with Gasteiger partial charge in [-0.2, -0.15) is 0 Å². The van der Waals surface area contributed by atoms with E-state index in [2.05, 4.69) is 15.5 Å². The summed E-state index contributed by atoms with van der Waals surface area (Å²) in [5.74, 6) is 0.494. The zero-order valence-corrected chi connectivity index (χ0v) is 21.9. The molecule has 2 aromatic carbocycles. The fraction of sp³-hybridized carbons (Fsp3) is 0.417. The SMILES string of the molecule is CCNC(=NCC(c1ccc(F)cc1)N(C)C)NCCc1cccc(C(=O)N(C)C)c1.I. The summed E-state index contributed by atoms with van der Waals surface area (Å²) >= 11 is 0. The van der Waals surface area contributed by atoms with Crippen molar-refractivity contribution in [3.8, 4) is 0 Å². The fourth-order valence-corrected chi connectivity index (χ4v) is 3.21. The molecule has 0 aliphatic rings. The van der Waals surface area contributed by atoms with Gasteiger partial charge in [-0.1, -0.05) is 24.3 Å². The lowest BCUT2D eigenvalue weighted by atomic mass is 10.1. The summed E-state index contributed by atoms with van der Waals surface area (Å²) in [5, 5.41) is 6.63. The molecule has 1 amide bonds. The van der Waals surface area contributed by atoms with Crippen LogP contribution in [0, 0.1) is 5.82 Å². The molecule has 2 rings (SSSR count). The largest absolute Gasteiger partial charge is 0.357 e. The number of benzene rings is 2. The van der Waals surface area contributed by atoms with Crippen LogP contribution in [0.2, 0.25) is 0 Å². The Hall–Kier alpha value is -2.20. The highest BCUT2D eigenvalue weighted by molar-refractivity contribution is 14.0. The lowest BCUT2D eigenvalue weighted by Gasteiger charge is -2.23. The molecule has 0 saturated heterocycles. The first-order chi connectivity index (χ1) is 14.8. The van der Waals surface area contributed by atoms with Crippen molar-refractivity contribution >= 4 is 35.8 Å². The van der Waals surface area contributed by atoms with Crippen LogP contribution in [0.1, 0.15) is 34.5 Å². The fourth-order valence-electron chi connectivity index (χ4n) is 3.21. The minimum atomic E-state index is -0.240. The number of guanidine groups is 1. The summed E-state index contributed by atoms with van der Waals surface area (Å²) in [6.07, 6.45) is 0.772. The number of nitrogens with one attached hydrogen (secondary N) is 2. The highest BCUT2D eigenvalue weighted by Crippen LogP contribution is 2.19. The van der Waals surface area contributed by atoms with E-state index in [1.807, 2.05) is 45.3 Å². The van der Waals surface area contributed by atoms with Gasteiger partial charge in [0.2, 0.25) is 0 Å². The smallest absolute Gasteiger partial charge is 0.253 e. The van der Waals surface area contributed by atoms with E-state index < -0.39 is 0 Å². The van der Waals surface area contributed by atoms with E-state index in [1.54, 1.807) is 31.1 Å². The Morgan fingerprint density at radius 3 is 2.34 bits per heavy atom. The van der Waals surface area contributed by atoms with Gasteiger partial charge in [0.1, 0.15) is 5.82 Å². The second-order valence-corrected chi connectivity index (χ2v) is 7.83. The third-order valence-corrected chi connectivity index (χ3v) is 4.93. The normalized spacial score (nSPS) is 12.2. The lowest BCUT2D eigenvalue weighted by molar-refractivity contribution is 0.0827. The van der Waals surface area contributed by atoms with Crippen molar-refractivity contribution < 1.29 is 9.18 Å². The predicted molar refractivity (Wildman–Crippen MR) is 140 cm³/mol. The average molecular weight is 555 g/mol. The Kier molecular flexibility index (Phi) is 12.2. The van der Waals surface area contributed by atoms with Gasteiger partial charge in [0, 0.05) is 32.7 Å². The molecule has 1 atom stereocenters. The number of rotatable bonds is 9. The number of hydrogen-bond donors (Lipinski definition) is 2. The Morgan fingerprint density at radius 1 is 1.06 bits per heavy atom. The van der Waals surface area contributed by atoms with Gasteiger partial charge in [0.05, 0.1) is 12.6 Å². The summed E-state index contributed by atoms with van der Waals surface area (Å²) in [7, 11) is 7.49. The lowest BCUT2D eigenvalue weighted by Crippen LogP contribution is -2.39. The first kappa shape index (κ1) is 27.8. The molecular formula is C24H35FIN5O. The predicted octanol–water partition coefficient (Wildman–Crippen LogP) is 3.55. The van der Waals surface area contributed by atoms with Gasteiger partial charge in [-0.25, -0.2) is 4.39 Å². The van der Waals surface area contributed by atoms with Gasteiger partial charge < -0.3 is 20.4 Å². The number of carbonyl (C=O) groups excluding carboxylic acids is 1. The van der Waals surface area contributed by atoms with E-state index in [0.717, 1.165) is 30.1 Å². The third kappa shape index (κ3) is 8.74. The zero-order valence-electron chi connectivity index (χ0n) is 19.6. The number of carbonyl (C=O) groups is 1. The van der Waals surface area contributed by atoms with E-state index in [0.29, 0.717) is 18.7 Å². The maximum atomic E-state index is 13.3. The highest BCUT2D eigenvalue weighted by atomic mass is 127. The molecule has 0 heterocycles. The first-order valence-electron chi connectivity index (χ1n) is 10.6. The molecular weight excluding hydrogens is 520 g/mol. The molecule has 176 valence electrons. The van der Waals surface area contributed by atoms with E-state index in [9.17, 15) is 9.18 Å². The van der Waals surface area contributed by atoms with Crippen molar-refractivity contribution in [3.05, 3.63) is 71.0 Å². The molecule has 0 bridgehead atoms. The molecule has 2 aromatic rings. The summed E-state index contributed by atoms with van der Waals surface area (Å²) in [6, 6.07) is 14.3. The maximum absolute atomic E-state index is 13.3. The Balaban J connectivity index is 0.00000512. The minimum Gasteiger partial charge on any atom is -0.357 e. The second-order valence-electron chi connectivity index (χ2n) is 7.83. The summed E-state index contributed by atoms with van der Waals surface area (Å²) in [4.78, 5) is 20.5. The summed E-state index contributed by atoms with van der Waals surface area (Å²) in [6.45, 7) is 4.01. The van der Waals surface area contributed by atoms with Gasteiger partial charge >= 0.3 is 0 Å². The van der Waals surface area contributed by atoms with Crippen molar-refractivity contribution in [2.24, 2.45) is 4.99 Å². The molecule has 1 unspecified atom stereocenters. The van der Waals surface area contributed by atoms with Crippen LogP contribution in [-0.4, -0.2) is 69.5 Å². The molecule has 0 spiro atoms. The molecule has 32 heavy (non-hydrogen) atoms. The van der Waals surface area contributed by atoms with Gasteiger partial charge in [0.15, 0.2) is 5.96 Å². The number of likely N-dealkylation sites (N-methyl/N-ethyl adjacent to an activating group) is 1. The van der Waals surface area contributed by atoms with Crippen LogP contribution in [0.15, 0.2) is 53.5 Å². The zero-order chi connectivity index (χ0) is 22.8. The van der Waals surface area contributed by atoms with Crippen LogP contribution in [0.25, 0.3) is 0 Å². The second kappa shape index (κ2) is 14.1. The minimum absolute atomic E-state index is 0. The molecule has 2 N–H and O–H groups in total. The van der Waals surface area contributed by atoms with Crippen LogP contribution in [-0.2, 0) is 6.42 Å². The average Bonchev–Trinajstić information content (AvgIpc) is 2.74. The van der Waals surface area contributed by atoms with Crippen LogP contribution >= 0.6 is 24.0 Å². The van der Waals surface area contributed by atoms with E-state index >= 15 is 0 Å². The van der Waals surface area contributed by atoms with E-state index in [1.165, 1.54) is 12.1 Å². The van der Waals surface area contributed by atoms with Gasteiger partial charge in [-0.3, -0.25) is 9.79 Å². The van der Waals surface area contributed by atoms with Crippen LogP contribution in [0.3, 0.4) is 0 Å². The molecule has 0 radical (unpaired) electrons. The molecule has 0 fully saturated rings. The molecule has 6 nitrogen and oxygen atoms in total. The summed E-state index contributed by atoms with van der Waals surface area (Å²) in [5.41, 5.74) is 2.80. The summed E-state index contributed by atoms with van der Waals surface area (Å²) < 4.78 is 13.3. The highest BCUT2D eigenvalue weighted by Gasteiger charge is 2.14. The number of hydrogen-bond acceptors (Lipinski definition) is 3. The standard InChI is InChI=1S/C24H34FN5O.HI/c1-6-26-24(28-17-22(29(2)3)19-10-12-21(25)13-11-19)27-15-14-18-8-7-9-20(16-18)23(31)30(4)5;/h7-13,16,22H,6,14-15,17H2,1-5H3,(H2,26,27,28);1H. The first-order valence-corrected chi connectivity index (χ1v) is 10.6. The number of aliphatic imine (C=N–C) groups is 1.